The lowest BCUT2D eigenvalue weighted by Gasteiger charge is -2.36. The van der Waals surface area contributed by atoms with Crippen LogP contribution in [0.25, 0.3) is 22.5 Å². The molecule has 0 saturated carbocycles. The molecule has 0 bridgehead atoms. The molecular weight excluding hydrogens is 901 g/mol. The largest absolute Gasteiger partial charge is 0.461 e. The number of tetrazole rings is 1. The van der Waals surface area contributed by atoms with Crippen molar-refractivity contribution in [3.05, 3.63) is 207 Å². The molecule has 0 spiro atoms. The third kappa shape index (κ3) is 10.1. The molecule has 14 nitrogen and oxygen atoms in total. The van der Waals surface area contributed by atoms with Crippen LogP contribution in [0, 0.1) is 10.1 Å². The molecule has 15 heteroatoms. The van der Waals surface area contributed by atoms with Crippen LogP contribution in [-0.4, -0.2) is 66.0 Å². The molecule has 356 valence electrons. The highest BCUT2D eigenvalue weighted by Gasteiger charge is 2.42. The van der Waals surface area contributed by atoms with Crippen molar-refractivity contribution in [1.82, 2.24) is 29.8 Å². The lowest BCUT2D eigenvalue weighted by molar-refractivity contribution is -0.384. The Morgan fingerprint density at radius 1 is 0.771 bits per heavy atom. The first-order chi connectivity index (χ1) is 33.8. The van der Waals surface area contributed by atoms with Gasteiger partial charge in [0.05, 0.1) is 17.2 Å². The van der Waals surface area contributed by atoms with Crippen molar-refractivity contribution in [3.8, 4) is 22.5 Å². The molecule has 0 atom stereocenters. The Hall–Kier alpha value is -7.91. The van der Waals surface area contributed by atoms with Crippen molar-refractivity contribution in [2.24, 2.45) is 0 Å². The molecule has 0 saturated heterocycles. The van der Waals surface area contributed by atoms with Crippen molar-refractivity contribution < 1.29 is 24.0 Å². The zero-order valence-electron chi connectivity index (χ0n) is 40.0. The first-order valence-corrected chi connectivity index (χ1v) is 24.1. The molecule has 8 rings (SSSR count). The minimum absolute atomic E-state index is 0.0800. The summed E-state index contributed by atoms with van der Waals surface area (Å²) in [4.78, 5) is 45.1. The molecule has 2 aromatic heterocycles. The van der Waals surface area contributed by atoms with E-state index in [1.807, 2.05) is 82.0 Å². The van der Waals surface area contributed by atoms with E-state index in [0.717, 1.165) is 56.1 Å². The predicted octanol–water partition coefficient (Wildman–Crippen LogP) is 11.8. The van der Waals surface area contributed by atoms with E-state index in [1.165, 1.54) is 24.9 Å². The van der Waals surface area contributed by atoms with Gasteiger partial charge in [-0.1, -0.05) is 146 Å². The van der Waals surface area contributed by atoms with E-state index in [1.54, 1.807) is 39.8 Å². The van der Waals surface area contributed by atoms with Gasteiger partial charge in [-0.15, -0.1) is 16.9 Å². The van der Waals surface area contributed by atoms with E-state index < -0.39 is 28.1 Å². The standard InChI is InChI=1S/C55H54N8O6S/c1-7-20-49-56-46(37-70-43-33-34-47(63(66)67)48(35-43)60(6)53(65)69-54(3,4)5)50(52(64)68-8-2)61(49)36-38-29-31-39(32-30-38)44-27-18-19-28-45(44)51-57-58-59-62(51)55(40-21-12-9-13-22-40,41-23-14-10-15-24-41)42-25-16-11-17-26-42/h9-19,21-35H,7-8,20,36-37H2,1-6H3. The molecule has 2 heterocycles. The number of thioether (sulfide) groups is 1. The van der Waals surface area contributed by atoms with Crippen molar-refractivity contribution >= 4 is 35.2 Å². The number of ether oxygens (including phenoxy) is 2. The number of carbonyl (C=O) groups is 2. The SMILES string of the molecule is CCCc1nc(CSc2ccc([N+](=O)[O-])c(N(C)C(=O)OC(C)(C)C)c2)c(C(=O)OCC)n1Cc1ccc(-c2ccccc2-c2nnnn2C(c2ccccc2)(c2ccccc2)c2ccccc2)cc1. The molecule has 6 aromatic carbocycles. The van der Waals surface area contributed by atoms with Crippen LogP contribution in [-0.2, 0) is 33.7 Å². The van der Waals surface area contributed by atoms with Crippen LogP contribution in [0.2, 0.25) is 0 Å². The number of hydrogen-bond acceptors (Lipinski definition) is 11. The molecule has 0 aliphatic carbocycles. The average Bonchev–Trinajstić information content (AvgIpc) is 3.99. The molecular formula is C55H54N8O6S. The van der Waals surface area contributed by atoms with Crippen LogP contribution >= 0.6 is 11.8 Å². The minimum atomic E-state index is -0.933. The van der Waals surface area contributed by atoms with Gasteiger partial charge < -0.3 is 14.0 Å². The van der Waals surface area contributed by atoms with Gasteiger partial charge in [-0.05, 0) is 90.1 Å². The van der Waals surface area contributed by atoms with Gasteiger partial charge in [0.15, 0.2) is 11.5 Å². The fourth-order valence-electron chi connectivity index (χ4n) is 8.65. The number of amides is 1. The van der Waals surface area contributed by atoms with Gasteiger partial charge in [0.25, 0.3) is 5.69 Å². The highest BCUT2D eigenvalue weighted by molar-refractivity contribution is 7.98. The fourth-order valence-corrected chi connectivity index (χ4v) is 9.52. The summed E-state index contributed by atoms with van der Waals surface area (Å²) in [6.45, 7) is 9.52. The normalized spacial score (nSPS) is 11.6. The van der Waals surface area contributed by atoms with Crippen molar-refractivity contribution in [3.63, 3.8) is 0 Å². The predicted molar refractivity (Wildman–Crippen MR) is 272 cm³/mol. The molecule has 1 amide bonds. The van der Waals surface area contributed by atoms with Gasteiger partial charge in [0.2, 0.25) is 0 Å². The van der Waals surface area contributed by atoms with Crippen LogP contribution in [0.3, 0.4) is 0 Å². The van der Waals surface area contributed by atoms with Crippen LogP contribution in [0.5, 0.6) is 0 Å². The number of nitro benzene ring substituents is 1. The van der Waals surface area contributed by atoms with E-state index in [9.17, 15) is 19.7 Å². The Morgan fingerprint density at radius 3 is 1.91 bits per heavy atom. The quantitative estimate of drug-likeness (QED) is 0.0281. The van der Waals surface area contributed by atoms with Crippen molar-refractivity contribution in [2.45, 2.75) is 75.8 Å². The van der Waals surface area contributed by atoms with E-state index in [4.69, 9.17) is 24.8 Å². The Bertz CT molecular complexity index is 3000. The average molecular weight is 955 g/mol. The number of carbonyl (C=O) groups excluding carboxylic acids is 2. The maximum Gasteiger partial charge on any atom is 0.414 e. The van der Waals surface area contributed by atoms with Crippen LogP contribution in [0.4, 0.5) is 16.2 Å². The smallest absolute Gasteiger partial charge is 0.414 e. The van der Waals surface area contributed by atoms with Gasteiger partial charge >= 0.3 is 12.1 Å². The number of esters is 1. The zero-order valence-corrected chi connectivity index (χ0v) is 40.8. The maximum absolute atomic E-state index is 13.9. The first kappa shape index (κ1) is 48.5. The third-order valence-corrected chi connectivity index (χ3v) is 12.7. The Labute approximate surface area is 411 Å². The van der Waals surface area contributed by atoms with Crippen LogP contribution < -0.4 is 4.90 Å². The molecule has 70 heavy (non-hydrogen) atoms. The van der Waals surface area contributed by atoms with E-state index in [0.29, 0.717) is 35.1 Å². The number of aryl methyl sites for hydroxylation is 1. The summed E-state index contributed by atoms with van der Waals surface area (Å²) < 4.78 is 15.0. The number of anilines is 1. The number of rotatable bonds is 17. The summed E-state index contributed by atoms with van der Waals surface area (Å²) in [5.74, 6) is 1.07. The van der Waals surface area contributed by atoms with Crippen LogP contribution in [0.1, 0.15) is 85.3 Å². The maximum atomic E-state index is 13.9. The fraction of sp³-hybridized carbons (Fsp3) is 0.236. The number of hydrogen-bond donors (Lipinski definition) is 0. The third-order valence-electron chi connectivity index (χ3n) is 11.7. The molecule has 0 aliphatic rings. The molecule has 8 aromatic rings. The number of aromatic nitrogens is 6. The molecule has 0 radical (unpaired) electrons. The molecule has 0 aliphatic heterocycles. The van der Waals surface area contributed by atoms with Crippen molar-refractivity contribution in [2.75, 3.05) is 18.6 Å². The summed E-state index contributed by atoms with van der Waals surface area (Å²) >= 11 is 1.34. The highest BCUT2D eigenvalue weighted by atomic mass is 32.2. The first-order valence-electron chi connectivity index (χ1n) is 23.1. The van der Waals surface area contributed by atoms with Gasteiger partial charge in [0, 0.05) is 42.3 Å². The summed E-state index contributed by atoms with van der Waals surface area (Å²) in [6, 6.07) is 51.8. The lowest BCUT2D eigenvalue weighted by atomic mass is 9.77. The summed E-state index contributed by atoms with van der Waals surface area (Å²) in [6.07, 6.45) is 0.664. The van der Waals surface area contributed by atoms with Crippen LogP contribution in [0.15, 0.2) is 163 Å². The van der Waals surface area contributed by atoms with E-state index >= 15 is 0 Å². The van der Waals surface area contributed by atoms with Gasteiger partial charge in [-0.3, -0.25) is 15.0 Å². The van der Waals surface area contributed by atoms with Gasteiger partial charge in [0.1, 0.15) is 22.7 Å². The molecule has 0 fully saturated rings. The van der Waals surface area contributed by atoms with Crippen molar-refractivity contribution in [1.29, 1.82) is 0 Å². The lowest BCUT2D eigenvalue weighted by Crippen LogP contribution is -2.39. The Kier molecular flexibility index (Phi) is 14.7. The topological polar surface area (TPSA) is 160 Å². The summed E-state index contributed by atoms with van der Waals surface area (Å²) in [7, 11) is 1.44. The second kappa shape index (κ2) is 21.2. The Balaban J connectivity index is 1.13. The van der Waals surface area contributed by atoms with Gasteiger partial charge in [-0.25, -0.2) is 19.3 Å². The van der Waals surface area contributed by atoms with Gasteiger partial charge in [-0.2, -0.15) is 0 Å². The highest BCUT2D eigenvalue weighted by Crippen LogP contribution is 2.44. The summed E-state index contributed by atoms with van der Waals surface area (Å²) in [5.41, 5.74) is 5.61. The number of benzene rings is 6. The monoisotopic (exact) mass is 954 g/mol. The Morgan fingerprint density at radius 2 is 1.36 bits per heavy atom. The molecule has 0 unspecified atom stereocenters. The van der Waals surface area contributed by atoms with E-state index in [-0.39, 0.29) is 23.7 Å². The zero-order chi connectivity index (χ0) is 49.4. The molecule has 0 N–H and O–H groups in total. The van der Waals surface area contributed by atoms with E-state index in [2.05, 4.69) is 78.9 Å². The number of imidazole rings is 1. The number of nitrogens with zero attached hydrogens (tertiary/aromatic N) is 8. The number of nitro groups is 1. The second-order valence-electron chi connectivity index (χ2n) is 17.6. The summed E-state index contributed by atoms with van der Waals surface area (Å²) in [5, 5.41) is 25.9. The minimum Gasteiger partial charge on any atom is -0.461 e. The second-order valence-corrected chi connectivity index (χ2v) is 18.6.